The fourth-order valence-electron chi connectivity index (χ4n) is 0.475. The smallest absolute Gasteiger partial charge is 0.00161 e. The molecule has 1 heteroatoms. The van der Waals surface area contributed by atoms with Gasteiger partial charge in [0.15, 0.2) is 0 Å². The lowest BCUT2D eigenvalue weighted by molar-refractivity contribution is 0.745. The molecule has 0 saturated carbocycles. The molecule has 0 saturated heterocycles. The molecule has 0 fully saturated rings. The van der Waals surface area contributed by atoms with E-state index in [4.69, 9.17) is 0 Å². The van der Waals surface area contributed by atoms with Gasteiger partial charge in [-0.3, -0.25) is 0 Å². The minimum absolute atomic E-state index is 0.851. The van der Waals surface area contributed by atoms with Gasteiger partial charge in [0.1, 0.15) is 0 Å². The van der Waals surface area contributed by atoms with Crippen LogP contribution >= 0.6 is 11.8 Å². The topological polar surface area (TPSA) is 0 Å². The Morgan fingerprint density at radius 2 is 1.78 bits per heavy atom. The van der Waals surface area contributed by atoms with E-state index in [0.717, 1.165) is 11.2 Å². The van der Waals surface area contributed by atoms with Gasteiger partial charge in [-0.15, -0.1) is 0 Å². The van der Waals surface area contributed by atoms with E-state index >= 15 is 0 Å². The van der Waals surface area contributed by atoms with Crippen molar-refractivity contribution in [3.8, 4) is 0 Å². The molecule has 0 N–H and O–H groups in total. The van der Waals surface area contributed by atoms with Crippen molar-refractivity contribution >= 4 is 11.8 Å². The molecule has 0 aromatic rings. The molecule has 0 aliphatic carbocycles. The zero-order chi connectivity index (χ0) is 7.28. The standard InChI is InChI=1S/C8H18S/c1-5-8(4)9-6-7(2)3/h7-8H,5-6H2,1-4H3. The minimum atomic E-state index is 0.851. The monoisotopic (exact) mass is 146 g/mol. The lowest BCUT2D eigenvalue weighted by atomic mass is 10.3. The summed E-state index contributed by atoms with van der Waals surface area (Å²) in [6.07, 6.45) is 1.30. The van der Waals surface area contributed by atoms with E-state index in [2.05, 4.69) is 39.5 Å². The molecule has 9 heavy (non-hydrogen) atoms. The average molecular weight is 146 g/mol. The second-order valence-electron chi connectivity index (χ2n) is 2.95. The van der Waals surface area contributed by atoms with E-state index in [-0.39, 0.29) is 0 Å². The quantitative estimate of drug-likeness (QED) is 0.587. The van der Waals surface area contributed by atoms with Crippen LogP contribution in [0.1, 0.15) is 34.1 Å². The Bertz CT molecular complexity index is 59.6. The molecule has 0 amide bonds. The lowest BCUT2D eigenvalue weighted by Gasteiger charge is -2.09. The zero-order valence-electron chi connectivity index (χ0n) is 6.98. The summed E-state index contributed by atoms with van der Waals surface area (Å²) in [4.78, 5) is 0. The predicted molar refractivity (Wildman–Crippen MR) is 47.0 cm³/mol. The molecule has 0 bridgehead atoms. The molecular weight excluding hydrogens is 128 g/mol. The maximum Gasteiger partial charge on any atom is 0.00161 e. The summed E-state index contributed by atoms with van der Waals surface area (Å²) in [5.41, 5.74) is 0. The normalized spacial score (nSPS) is 14.3. The molecule has 1 atom stereocenters. The van der Waals surface area contributed by atoms with Gasteiger partial charge >= 0.3 is 0 Å². The Morgan fingerprint density at radius 3 is 2.11 bits per heavy atom. The van der Waals surface area contributed by atoms with Gasteiger partial charge in [-0.05, 0) is 18.1 Å². The number of thioether (sulfide) groups is 1. The molecule has 0 rings (SSSR count). The Hall–Kier alpha value is 0.350. The van der Waals surface area contributed by atoms with Gasteiger partial charge in [-0.1, -0.05) is 27.7 Å². The summed E-state index contributed by atoms with van der Waals surface area (Å²) in [6, 6.07) is 0. The van der Waals surface area contributed by atoms with Crippen molar-refractivity contribution < 1.29 is 0 Å². The second-order valence-corrected chi connectivity index (χ2v) is 4.42. The summed E-state index contributed by atoms with van der Waals surface area (Å²) in [5.74, 6) is 2.17. The van der Waals surface area contributed by atoms with E-state index in [1.165, 1.54) is 12.2 Å². The molecule has 0 aromatic heterocycles. The fourth-order valence-corrected chi connectivity index (χ4v) is 1.42. The van der Waals surface area contributed by atoms with Crippen LogP contribution in [-0.2, 0) is 0 Å². The van der Waals surface area contributed by atoms with Gasteiger partial charge in [0, 0.05) is 5.25 Å². The fraction of sp³-hybridized carbons (Fsp3) is 1.00. The van der Waals surface area contributed by atoms with Crippen molar-refractivity contribution in [3.05, 3.63) is 0 Å². The summed E-state index contributed by atoms with van der Waals surface area (Å²) < 4.78 is 0. The van der Waals surface area contributed by atoms with E-state index in [0.29, 0.717) is 0 Å². The molecule has 0 radical (unpaired) electrons. The van der Waals surface area contributed by atoms with E-state index < -0.39 is 0 Å². The molecule has 56 valence electrons. The summed E-state index contributed by atoms with van der Waals surface area (Å²) in [5, 5.41) is 0.854. The lowest BCUT2D eigenvalue weighted by Crippen LogP contribution is -1.98. The summed E-state index contributed by atoms with van der Waals surface area (Å²) >= 11 is 2.08. The zero-order valence-corrected chi connectivity index (χ0v) is 7.79. The Labute approximate surface area is 63.4 Å². The van der Waals surface area contributed by atoms with Gasteiger partial charge in [0.05, 0.1) is 0 Å². The van der Waals surface area contributed by atoms with Gasteiger partial charge in [-0.25, -0.2) is 0 Å². The first-order valence-corrected chi connectivity index (χ1v) is 4.83. The Balaban J connectivity index is 3.06. The van der Waals surface area contributed by atoms with Crippen LogP contribution < -0.4 is 0 Å². The third-order valence-electron chi connectivity index (χ3n) is 1.29. The molecular formula is C8H18S. The van der Waals surface area contributed by atoms with Crippen molar-refractivity contribution in [3.63, 3.8) is 0 Å². The maximum atomic E-state index is 2.30. The number of hydrogen-bond donors (Lipinski definition) is 0. The summed E-state index contributed by atoms with van der Waals surface area (Å²) in [7, 11) is 0. The molecule has 0 nitrogen and oxygen atoms in total. The van der Waals surface area contributed by atoms with E-state index in [1.807, 2.05) is 0 Å². The first-order valence-electron chi connectivity index (χ1n) is 3.78. The highest BCUT2D eigenvalue weighted by Crippen LogP contribution is 2.16. The van der Waals surface area contributed by atoms with Crippen molar-refractivity contribution in [2.45, 2.75) is 39.4 Å². The van der Waals surface area contributed by atoms with Gasteiger partial charge < -0.3 is 0 Å². The van der Waals surface area contributed by atoms with Crippen LogP contribution in [0.2, 0.25) is 0 Å². The third-order valence-corrected chi connectivity index (χ3v) is 3.05. The third kappa shape index (κ3) is 6.23. The molecule has 0 heterocycles. The average Bonchev–Trinajstić information content (AvgIpc) is 1.83. The predicted octanol–water partition coefficient (Wildman–Crippen LogP) is 3.17. The highest BCUT2D eigenvalue weighted by atomic mass is 32.2. The van der Waals surface area contributed by atoms with Gasteiger partial charge in [0.2, 0.25) is 0 Å². The molecule has 0 aliphatic rings. The van der Waals surface area contributed by atoms with Gasteiger partial charge in [-0.2, -0.15) is 11.8 Å². The van der Waals surface area contributed by atoms with Crippen LogP contribution in [0.15, 0.2) is 0 Å². The van der Waals surface area contributed by atoms with E-state index in [9.17, 15) is 0 Å². The summed E-state index contributed by atoms with van der Waals surface area (Å²) in [6.45, 7) is 9.09. The number of rotatable bonds is 4. The largest absolute Gasteiger partial charge is 0.159 e. The SMILES string of the molecule is CCC(C)SCC(C)C. The molecule has 0 aliphatic heterocycles. The van der Waals surface area contributed by atoms with Gasteiger partial charge in [0.25, 0.3) is 0 Å². The van der Waals surface area contributed by atoms with Crippen LogP contribution in [0.3, 0.4) is 0 Å². The van der Waals surface area contributed by atoms with Crippen LogP contribution in [0.5, 0.6) is 0 Å². The van der Waals surface area contributed by atoms with Crippen LogP contribution in [0, 0.1) is 5.92 Å². The first kappa shape index (κ1) is 9.35. The van der Waals surface area contributed by atoms with Crippen LogP contribution in [0.25, 0.3) is 0 Å². The number of hydrogen-bond acceptors (Lipinski definition) is 1. The highest BCUT2D eigenvalue weighted by molar-refractivity contribution is 7.99. The van der Waals surface area contributed by atoms with Crippen LogP contribution in [-0.4, -0.2) is 11.0 Å². The molecule has 1 unspecified atom stereocenters. The Morgan fingerprint density at radius 1 is 1.22 bits per heavy atom. The van der Waals surface area contributed by atoms with Crippen molar-refractivity contribution in [1.29, 1.82) is 0 Å². The van der Waals surface area contributed by atoms with Crippen molar-refractivity contribution in [2.75, 3.05) is 5.75 Å². The first-order chi connectivity index (χ1) is 4.16. The maximum absolute atomic E-state index is 2.30. The van der Waals surface area contributed by atoms with E-state index in [1.54, 1.807) is 0 Å². The second kappa shape index (κ2) is 5.16. The molecule has 0 spiro atoms. The Kier molecular flexibility index (Phi) is 5.36. The molecule has 0 aromatic carbocycles. The van der Waals surface area contributed by atoms with Crippen molar-refractivity contribution in [2.24, 2.45) is 5.92 Å². The minimum Gasteiger partial charge on any atom is -0.159 e. The highest BCUT2D eigenvalue weighted by Gasteiger charge is 1.99. The van der Waals surface area contributed by atoms with Crippen LogP contribution in [0.4, 0.5) is 0 Å². The van der Waals surface area contributed by atoms with Crippen molar-refractivity contribution in [1.82, 2.24) is 0 Å².